The van der Waals surface area contributed by atoms with E-state index in [0.717, 1.165) is 31.0 Å². The van der Waals surface area contributed by atoms with E-state index in [2.05, 4.69) is 47.8 Å². The number of phenols is 1. The number of phenolic OH excluding ortho intramolecular Hbond substituents is 1. The maximum absolute atomic E-state index is 9.67. The van der Waals surface area contributed by atoms with Gasteiger partial charge in [-0.05, 0) is 43.2 Å². The van der Waals surface area contributed by atoms with Gasteiger partial charge in [-0.15, -0.1) is 0 Å². The molecule has 1 saturated heterocycles. The number of aromatic nitrogens is 1. The lowest BCUT2D eigenvalue weighted by molar-refractivity contribution is -0.0330. The molecular formula is C20H27N3O2. The molecule has 0 aliphatic carbocycles. The minimum absolute atomic E-state index is 0.000145. The van der Waals surface area contributed by atoms with Crippen molar-refractivity contribution in [2.75, 3.05) is 31.6 Å². The van der Waals surface area contributed by atoms with Crippen LogP contribution < -0.4 is 4.90 Å². The lowest BCUT2D eigenvalue weighted by Gasteiger charge is -2.33. The predicted molar refractivity (Wildman–Crippen MR) is 99.9 cm³/mol. The molecule has 0 saturated carbocycles. The Morgan fingerprint density at radius 3 is 2.84 bits per heavy atom. The normalized spacial score (nSPS) is 18.5. The summed E-state index contributed by atoms with van der Waals surface area (Å²) in [6, 6.07) is 12.0. The Labute approximate surface area is 149 Å². The quantitative estimate of drug-likeness (QED) is 0.905. The molecule has 1 atom stereocenters. The summed E-state index contributed by atoms with van der Waals surface area (Å²) in [5.41, 5.74) is 2.23. The smallest absolute Gasteiger partial charge is 0.128 e. The number of hydrogen-bond donors (Lipinski definition) is 1. The van der Waals surface area contributed by atoms with Gasteiger partial charge in [0.2, 0.25) is 0 Å². The molecule has 0 radical (unpaired) electrons. The Morgan fingerprint density at radius 2 is 2.16 bits per heavy atom. The first kappa shape index (κ1) is 17.7. The molecule has 2 heterocycles. The van der Waals surface area contributed by atoms with E-state index in [9.17, 15) is 5.11 Å². The molecule has 1 aromatic heterocycles. The van der Waals surface area contributed by atoms with E-state index in [0.29, 0.717) is 12.6 Å². The number of anilines is 1. The van der Waals surface area contributed by atoms with Gasteiger partial charge >= 0.3 is 0 Å². The fraction of sp³-hybridized carbons (Fsp3) is 0.450. The molecule has 5 nitrogen and oxygen atoms in total. The molecule has 2 aromatic rings. The number of morpholine rings is 1. The molecule has 3 rings (SSSR count). The number of aromatic hydroxyl groups is 1. The molecular weight excluding hydrogens is 314 g/mol. The zero-order valence-corrected chi connectivity index (χ0v) is 15.2. The molecule has 1 N–H and O–H groups in total. The molecule has 0 amide bonds. The van der Waals surface area contributed by atoms with Gasteiger partial charge in [-0.25, -0.2) is 4.98 Å². The average Bonchev–Trinajstić information content (AvgIpc) is 2.62. The summed E-state index contributed by atoms with van der Waals surface area (Å²) in [4.78, 5) is 9.13. The van der Waals surface area contributed by atoms with E-state index in [1.54, 1.807) is 12.1 Å². The fourth-order valence-corrected chi connectivity index (χ4v) is 3.01. The van der Waals surface area contributed by atoms with E-state index in [-0.39, 0.29) is 11.9 Å². The first-order chi connectivity index (χ1) is 12.0. The van der Waals surface area contributed by atoms with Gasteiger partial charge in [0, 0.05) is 38.9 Å². The second-order valence-corrected chi connectivity index (χ2v) is 6.92. The fourth-order valence-electron chi connectivity index (χ4n) is 3.01. The third-order valence-electron chi connectivity index (χ3n) is 4.74. The third-order valence-corrected chi connectivity index (χ3v) is 4.74. The van der Waals surface area contributed by atoms with Crippen molar-refractivity contribution in [1.29, 1.82) is 0 Å². The highest BCUT2D eigenvalue weighted by Gasteiger charge is 2.22. The second kappa shape index (κ2) is 7.85. The topological polar surface area (TPSA) is 48.8 Å². The summed E-state index contributed by atoms with van der Waals surface area (Å²) < 4.78 is 5.89. The van der Waals surface area contributed by atoms with Crippen LogP contribution in [0.25, 0.3) is 0 Å². The highest BCUT2D eigenvalue weighted by Crippen LogP contribution is 2.25. The van der Waals surface area contributed by atoms with Crippen molar-refractivity contribution < 1.29 is 9.84 Å². The maximum atomic E-state index is 9.67. The summed E-state index contributed by atoms with van der Waals surface area (Å²) in [5, 5.41) is 9.67. The average molecular weight is 341 g/mol. The molecule has 1 aliphatic heterocycles. The predicted octanol–water partition coefficient (Wildman–Crippen LogP) is 3.21. The van der Waals surface area contributed by atoms with Crippen molar-refractivity contribution >= 4 is 5.82 Å². The van der Waals surface area contributed by atoms with E-state index < -0.39 is 0 Å². The maximum Gasteiger partial charge on any atom is 0.128 e. The largest absolute Gasteiger partial charge is 0.508 e. The summed E-state index contributed by atoms with van der Waals surface area (Å²) in [7, 11) is 2.06. The summed E-state index contributed by atoms with van der Waals surface area (Å²) in [5.74, 6) is 1.28. The van der Waals surface area contributed by atoms with E-state index >= 15 is 0 Å². The number of rotatable bonds is 5. The van der Waals surface area contributed by atoms with Crippen LogP contribution in [0.4, 0.5) is 5.82 Å². The molecule has 25 heavy (non-hydrogen) atoms. The SMILES string of the molecule is CC(C)N(C)c1ccc(CN2CCO[C@H](c3cccc(O)c3)C2)cn1. The van der Waals surface area contributed by atoms with Gasteiger partial charge in [0.25, 0.3) is 0 Å². The summed E-state index contributed by atoms with van der Waals surface area (Å²) in [6.45, 7) is 7.59. The van der Waals surface area contributed by atoms with Crippen molar-refractivity contribution in [3.8, 4) is 5.75 Å². The zero-order chi connectivity index (χ0) is 17.8. The highest BCUT2D eigenvalue weighted by atomic mass is 16.5. The first-order valence-corrected chi connectivity index (χ1v) is 8.83. The minimum atomic E-state index is 0.000145. The summed E-state index contributed by atoms with van der Waals surface area (Å²) >= 11 is 0. The Bertz CT molecular complexity index is 688. The van der Waals surface area contributed by atoms with Crippen molar-refractivity contribution in [1.82, 2.24) is 9.88 Å². The van der Waals surface area contributed by atoms with Crippen molar-refractivity contribution in [3.05, 3.63) is 53.7 Å². The number of nitrogens with zero attached hydrogens (tertiary/aromatic N) is 3. The van der Waals surface area contributed by atoms with Crippen LogP contribution in [0.15, 0.2) is 42.6 Å². The molecule has 0 spiro atoms. The van der Waals surface area contributed by atoms with Gasteiger partial charge in [-0.2, -0.15) is 0 Å². The Hall–Kier alpha value is -2.11. The van der Waals surface area contributed by atoms with Crippen LogP contribution in [0.2, 0.25) is 0 Å². The van der Waals surface area contributed by atoms with E-state index in [4.69, 9.17) is 4.74 Å². The van der Waals surface area contributed by atoms with Crippen LogP contribution in [0.1, 0.15) is 31.1 Å². The molecule has 1 fully saturated rings. The van der Waals surface area contributed by atoms with Gasteiger partial charge < -0.3 is 14.7 Å². The van der Waals surface area contributed by atoms with Crippen molar-refractivity contribution in [2.24, 2.45) is 0 Å². The Kier molecular flexibility index (Phi) is 5.56. The van der Waals surface area contributed by atoms with Crippen LogP contribution in [0.3, 0.4) is 0 Å². The van der Waals surface area contributed by atoms with Crippen LogP contribution in [-0.2, 0) is 11.3 Å². The van der Waals surface area contributed by atoms with Gasteiger partial charge in [0.05, 0.1) is 12.7 Å². The monoisotopic (exact) mass is 341 g/mol. The molecule has 134 valence electrons. The molecule has 0 unspecified atom stereocenters. The summed E-state index contributed by atoms with van der Waals surface area (Å²) in [6.07, 6.45) is 1.97. The minimum Gasteiger partial charge on any atom is -0.508 e. The second-order valence-electron chi connectivity index (χ2n) is 6.92. The zero-order valence-electron chi connectivity index (χ0n) is 15.2. The number of ether oxygens (including phenoxy) is 1. The van der Waals surface area contributed by atoms with Crippen LogP contribution in [-0.4, -0.2) is 47.8 Å². The van der Waals surface area contributed by atoms with Crippen LogP contribution in [0.5, 0.6) is 5.75 Å². The van der Waals surface area contributed by atoms with Gasteiger partial charge in [-0.3, -0.25) is 4.90 Å². The Balaban J connectivity index is 1.63. The lowest BCUT2D eigenvalue weighted by atomic mass is 10.1. The number of benzene rings is 1. The molecule has 1 aliphatic rings. The standard InChI is InChI=1S/C20H27N3O2/c1-15(2)22(3)20-8-7-16(12-21-20)13-23-9-10-25-19(14-23)17-5-4-6-18(24)11-17/h4-8,11-12,15,19,24H,9-10,13-14H2,1-3H3/t19-/m0/s1. The van der Waals surface area contributed by atoms with Gasteiger partial charge in [0.15, 0.2) is 0 Å². The number of hydrogen-bond acceptors (Lipinski definition) is 5. The van der Waals surface area contributed by atoms with Gasteiger partial charge in [-0.1, -0.05) is 18.2 Å². The number of pyridine rings is 1. The molecule has 0 bridgehead atoms. The van der Waals surface area contributed by atoms with Crippen LogP contribution >= 0.6 is 0 Å². The molecule has 5 heteroatoms. The Morgan fingerprint density at radius 1 is 1.32 bits per heavy atom. The van der Waals surface area contributed by atoms with Crippen molar-refractivity contribution in [2.45, 2.75) is 32.5 Å². The lowest BCUT2D eigenvalue weighted by Crippen LogP contribution is -2.37. The highest BCUT2D eigenvalue weighted by molar-refractivity contribution is 5.39. The van der Waals surface area contributed by atoms with Crippen molar-refractivity contribution in [3.63, 3.8) is 0 Å². The molecule has 1 aromatic carbocycles. The van der Waals surface area contributed by atoms with Crippen LogP contribution in [0, 0.1) is 0 Å². The third kappa shape index (κ3) is 4.50. The first-order valence-electron chi connectivity index (χ1n) is 8.83. The van der Waals surface area contributed by atoms with E-state index in [1.165, 1.54) is 5.56 Å². The van der Waals surface area contributed by atoms with E-state index in [1.807, 2.05) is 18.3 Å². The van der Waals surface area contributed by atoms with Gasteiger partial charge in [0.1, 0.15) is 11.6 Å².